The van der Waals surface area contributed by atoms with E-state index in [1.165, 1.54) is 19.3 Å². The third kappa shape index (κ3) is 5.96. The Kier molecular flexibility index (Phi) is 7.69. The van der Waals surface area contributed by atoms with Gasteiger partial charge in [-0.25, -0.2) is 18.1 Å². The maximum Gasteiger partial charge on any atom is 0.241 e. The van der Waals surface area contributed by atoms with Gasteiger partial charge in [-0.05, 0) is 54.4 Å². The van der Waals surface area contributed by atoms with Crippen LogP contribution in [0.5, 0.6) is 0 Å². The molecule has 1 unspecified atom stereocenters. The van der Waals surface area contributed by atoms with Crippen LogP contribution in [0, 0.1) is 0 Å². The molecule has 0 spiro atoms. The van der Waals surface area contributed by atoms with E-state index in [9.17, 15) is 13.2 Å². The summed E-state index contributed by atoms with van der Waals surface area (Å²) in [5.41, 5.74) is 1.80. The quantitative estimate of drug-likeness (QED) is 0.345. The molecule has 2 aliphatic rings. The number of sulfonamides is 1. The van der Waals surface area contributed by atoms with E-state index < -0.39 is 16.1 Å². The molecule has 0 radical (unpaired) electrons. The first-order chi connectivity index (χ1) is 19.4. The summed E-state index contributed by atoms with van der Waals surface area (Å²) in [7, 11) is -3.88. The summed E-state index contributed by atoms with van der Waals surface area (Å²) in [5.74, 6) is 0.793. The van der Waals surface area contributed by atoms with Crippen molar-refractivity contribution in [3.63, 3.8) is 0 Å². The van der Waals surface area contributed by atoms with Crippen molar-refractivity contribution in [2.45, 2.75) is 56.3 Å². The van der Waals surface area contributed by atoms with Gasteiger partial charge in [-0.3, -0.25) is 9.69 Å². The summed E-state index contributed by atoms with van der Waals surface area (Å²) in [6.07, 6.45) is 5.93. The monoisotopic (exact) mass is 557 g/mol. The van der Waals surface area contributed by atoms with Gasteiger partial charge in [0.15, 0.2) is 0 Å². The van der Waals surface area contributed by atoms with E-state index in [2.05, 4.69) is 20.4 Å². The van der Waals surface area contributed by atoms with Crippen molar-refractivity contribution in [2.24, 2.45) is 0 Å². The molecular formula is C31H35N5O3S. The molecule has 1 saturated heterocycles. The van der Waals surface area contributed by atoms with E-state index in [-0.39, 0.29) is 17.2 Å². The van der Waals surface area contributed by atoms with E-state index in [1.54, 1.807) is 17.0 Å². The van der Waals surface area contributed by atoms with Crippen LogP contribution in [0.3, 0.4) is 0 Å². The highest BCUT2D eigenvalue weighted by Gasteiger charge is 2.28. The van der Waals surface area contributed by atoms with Gasteiger partial charge in [0.1, 0.15) is 5.82 Å². The fraction of sp³-hybridized carbons (Fsp3) is 0.355. The summed E-state index contributed by atoms with van der Waals surface area (Å²) in [6, 6.07) is 21.4. The molecule has 208 valence electrons. The van der Waals surface area contributed by atoms with Crippen molar-refractivity contribution < 1.29 is 13.2 Å². The first kappa shape index (κ1) is 26.7. The molecule has 6 rings (SSSR count). The van der Waals surface area contributed by atoms with Gasteiger partial charge in [0.25, 0.3) is 0 Å². The number of nitrogens with zero attached hydrogens (tertiary/aromatic N) is 4. The Balaban J connectivity index is 1.17. The Morgan fingerprint density at radius 3 is 2.42 bits per heavy atom. The molecule has 40 heavy (non-hydrogen) atoms. The van der Waals surface area contributed by atoms with Gasteiger partial charge < -0.3 is 9.47 Å². The van der Waals surface area contributed by atoms with Gasteiger partial charge in [0.2, 0.25) is 15.9 Å². The lowest BCUT2D eigenvalue weighted by molar-refractivity contribution is -0.133. The fourth-order valence-electron chi connectivity index (χ4n) is 5.75. The Morgan fingerprint density at radius 1 is 0.875 bits per heavy atom. The van der Waals surface area contributed by atoms with Crippen LogP contribution in [-0.4, -0.2) is 53.3 Å². The zero-order chi connectivity index (χ0) is 27.5. The summed E-state index contributed by atoms with van der Waals surface area (Å²) in [6.45, 7) is 4.76. The molecule has 0 saturated carbocycles. The smallest absolute Gasteiger partial charge is 0.241 e. The van der Waals surface area contributed by atoms with Gasteiger partial charge in [-0.1, -0.05) is 67.1 Å². The van der Waals surface area contributed by atoms with E-state index in [0.29, 0.717) is 19.6 Å². The summed E-state index contributed by atoms with van der Waals surface area (Å²) in [5, 5.41) is 1.82. The highest BCUT2D eigenvalue weighted by Crippen LogP contribution is 2.25. The van der Waals surface area contributed by atoms with Crippen LogP contribution in [0.4, 0.5) is 0 Å². The van der Waals surface area contributed by atoms with Crippen LogP contribution in [0.15, 0.2) is 83.9 Å². The minimum absolute atomic E-state index is 0.0260. The maximum absolute atomic E-state index is 13.6. The number of carbonyl (C=O) groups is 1. The second-order valence-electron chi connectivity index (χ2n) is 10.8. The van der Waals surface area contributed by atoms with Crippen molar-refractivity contribution in [3.05, 3.63) is 96.1 Å². The van der Waals surface area contributed by atoms with Crippen molar-refractivity contribution in [2.75, 3.05) is 19.6 Å². The predicted molar refractivity (Wildman–Crippen MR) is 155 cm³/mol. The van der Waals surface area contributed by atoms with Crippen LogP contribution >= 0.6 is 0 Å². The molecule has 0 bridgehead atoms. The average molecular weight is 558 g/mol. The van der Waals surface area contributed by atoms with E-state index in [4.69, 9.17) is 4.98 Å². The molecule has 3 heterocycles. The number of amides is 1. The molecule has 2 aliphatic heterocycles. The van der Waals surface area contributed by atoms with Gasteiger partial charge in [0.05, 0.1) is 23.2 Å². The second kappa shape index (κ2) is 11.5. The Hall–Kier alpha value is -3.53. The van der Waals surface area contributed by atoms with Crippen LogP contribution < -0.4 is 4.72 Å². The van der Waals surface area contributed by atoms with Gasteiger partial charge in [0, 0.05) is 32.3 Å². The third-order valence-corrected chi connectivity index (χ3v) is 9.42. The number of rotatable bonds is 8. The van der Waals surface area contributed by atoms with Crippen LogP contribution in [0.25, 0.3) is 10.8 Å². The lowest BCUT2D eigenvalue weighted by Crippen LogP contribution is -2.40. The van der Waals surface area contributed by atoms with Gasteiger partial charge >= 0.3 is 0 Å². The number of carbonyl (C=O) groups excluding carboxylic acids is 1. The second-order valence-corrected chi connectivity index (χ2v) is 12.5. The minimum atomic E-state index is -3.88. The number of likely N-dealkylation sites (tertiary alicyclic amines) is 1. The fourth-order valence-corrected chi connectivity index (χ4v) is 7.01. The zero-order valence-electron chi connectivity index (χ0n) is 22.6. The van der Waals surface area contributed by atoms with E-state index in [0.717, 1.165) is 47.5 Å². The number of aromatic nitrogens is 2. The highest BCUT2D eigenvalue weighted by atomic mass is 32.2. The van der Waals surface area contributed by atoms with Gasteiger partial charge in [-0.2, -0.15) is 0 Å². The topological polar surface area (TPSA) is 87.5 Å². The summed E-state index contributed by atoms with van der Waals surface area (Å²) in [4.78, 5) is 22.8. The maximum atomic E-state index is 13.6. The Labute approximate surface area is 235 Å². The summed E-state index contributed by atoms with van der Waals surface area (Å²) >= 11 is 0. The van der Waals surface area contributed by atoms with Crippen molar-refractivity contribution >= 4 is 26.7 Å². The number of benzene rings is 3. The third-order valence-electron chi connectivity index (χ3n) is 7.95. The van der Waals surface area contributed by atoms with Crippen molar-refractivity contribution in [1.29, 1.82) is 0 Å². The zero-order valence-corrected chi connectivity index (χ0v) is 23.4. The van der Waals surface area contributed by atoms with Crippen molar-refractivity contribution in [3.8, 4) is 0 Å². The average Bonchev–Trinajstić information content (AvgIpc) is 3.39. The van der Waals surface area contributed by atoms with Gasteiger partial charge in [-0.15, -0.1) is 0 Å². The number of piperidine rings is 1. The molecular weight excluding hydrogens is 522 g/mol. The normalized spacial score (nSPS) is 17.1. The lowest BCUT2D eigenvalue weighted by atomic mass is 10.0. The van der Waals surface area contributed by atoms with E-state index >= 15 is 0 Å². The molecule has 1 fully saturated rings. The van der Waals surface area contributed by atoms with Crippen molar-refractivity contribution in [1.82, 2.24) is 24.1 Å². The van der Waals surface area contributed by atoms with Crippen LogP contribution in [-0.2, 0) is 34.5 Å². The molecule has 1 N–H and O–H groups in total. The molecule has 1 amide bonds. The number of fused-ring (bicyclic) bond motifs is 2. The number of nitrogens with one attached hydrogen (secondary N) is 1. The van der Waals surface area contributed by atoms with E-state index in [1.807, 2.05) is 60.7 Å². The Bertz CT molecular complexity index is 1600. The molecule has 9 heteroatoms. The molecule has 1 aromatic heterocycles. The molecule has 8 nitrogen and oxygen atoms in total. The van der Waals surface area contributed by atoms with Crippen LogP contribution in [0.1, 0.15) is 48.8 Å². The SMILES string of the molecule is O=C(CC(NS(=O)(=O)c1ccc2ccccc2c1)c1ccccc1)N1CCn2cc(CN3CCCCC3)nc2C1. The molecule has 0 aliphatic carbocycles. The minimum Gasteiger partial charge on any atom is -0.333 e. The number of hydrogen-bond acceptors (Lipinski definition) is 5. The standard InChI is InChI=1S/C31H35N5O3S/c37-31(36-18-17-35-22-27(32-30(35)23-36)21-34-15-7-2-8-16-34)20-29(25-10-3-1-4-11-25)33-40(38,39)28-14-13-24-9-5-6-12-26(24)19-28/h1,3-6,9-14,19,22,29,33H,2,7-8,15-18,20-21,23H2. The number of imidazole rings is 1. The predicted octanol–water partition coefficient (Wildman–Crippen LogP) is 4.47. The largest absolute Gasteiger partial charge is 0.333 e. The highest BCUT2D eigenvalue weighted by molar-refractivity contribution is 7.89. The lowest BCUT2D eigenvalue weighted by Gasteiger charge is -2.29. The molecule has 3 aromatic carbocycles. The Morgan fingerprint density at radius 2 is 1.62 bits per heavy atom. The first-order valence-electron chi connectivity index (χ1n) is 14.1. The summed E-state index contributed by atoms with van der Waals surface area (Å²) < 4.78 is 32.0. The molecule has 1 atom stereocenters. The number of hydrogen-bond donors (Lipinski definition) is 1. The molecule has 4 aromatic rings. The van der Waals surface area contributed by atoms with Crippen LogP contribution in [0.2, 0.25) is 0 Å². The first-order valence-corrected chi connectivity index (χ1v) is 15.5.